The van der Waals surface area contributed by atoms with Crippen molar-refractivity contribution in [2.75, 3.05) is 17.5 Å². The van der Waals surface area contributed by atoms with Gasteiger partial charge in [0.2, 0.25) is 5.91 Å². The SMILES string of the molecule is CCOc1ccc(N(CC(=O)N[C@@H](CC(C)C)c2ccccc2)S(=O)(=O)c2ccc(Cl)cc2)cc1. The fourth-order valence-corrected chi connectivity index (χ4v) is 5.28. The molecule has 0 aliphatic rings. The molecule has 0 heterocycles. The van der Waals surface area contributed by atoms with Crippen molar-refractivity contribution in [1.82, 2.24) is 5.32 Å². The van der Waals surface area contributed by atoms with Gasteiger partial charge in [0.15, 0.2) is 0 Å². The molecular formula is C27H31ClN2O4S. The summed E-state index contributed by atoms with van der Waals surface area (Å²) in [7, 11) is -4.04. The van der Waals surface area contributed by atoms with Crippen molar-refractivity contribution in [2.45, 2.75) is 38.1 Å². The Balaban J connectivity index is 1.92. The highest BCUT2D eigenvalue weighted by molar-refractivity contribution is 7.92. The summed E-state index contributed by atoms with van der Waals surface area (Å²) < 4.78 is 33.8. The van der Waals surface area contributed by atoms with Crippen LogP contribution in [0.1, 0.15) is 38.8 Å². The molecule has 186 valence electrons. The number of anilines is 1. The average molecular weight is 515 g/mol. The van der Waals surface area contributed by atoms with E-state index in [0.717, 1.165) is 16.3 Å². The van der Waals surface area contributed by atoms with Crippen LogP contribution in [0, 0.1) is 5.92 Å². The molecule has 0 spiro atoms. The van der Waals surface area contributed by atoms with Gasteiger partial charge >= 0.3 is 0 Å². The minimum atomic E-state index is -4.04. The second-order valence-electron chi connectivity index (χ2n) is 8.55. The van der Waals surface area contributed by atoms with E-state index in [-0.39, 0.29) is 17.5 Å². The Morgan fingerprint density at radius 2 is 1.60 bits per heavy atom. The van der Waals surface area contributed by atoms with Gasteiger partial charge in [-0.15, -0.1) is 0 Å². The maximum Gasteiger partial charge on any atom is 0.264 e. The number of carbonyl (C=O) groups is 1. The molecule has 8 heteroatoms. The van der Waals surface area contributed by atoms with Crippen LogP contribution in [0.15, 0.2) is 83.8 Å². The second-order valence-corrected chi connectivity index (χ2v) is 10.9. The Kier molecular flexibility index (Phi) is 9.18. The number of hydrogen-bond acceptors (Lipinski definition) is 4. The normalized spacial score (nSPS) is 12.3. The maximum absolute atomic E-state index is 13.6. The standard InChI is InChI=1S/C27H31ClN2O4S/c1-4-34-24-14-12-23(13-15-24)30(35(32,33)25-16-10-22(28)11-17-25)19-27(31)29-26(18-20(2)3)21-8-6-5-7-9-21/h5-17,20,26H,4,18-19H2,1-3H3,(H,29,31)/t26-/m0/s1. The van der Waals surface area contributed by atoms with E-state index >= 15 is 0 Å². The van der Waals surface area contributed by atoms with Crippen LogP contribution in [-0.4, -0.2) is 27.5 Å². The van der Waals surface area contributed by atoms with E-state index in [4.69, 9.17) is 16.3 Å². The summed E-state index contributed by atoms with van der Waals surface area (Å²) in [4.78, 5) is 13.3. The zero-order valence-electron chi connectivity index (χ0n) is 20.1. The molecule has 1 amide bonds. The number of nitrogens with one attached hydrogen (secondary N) is 1. The average Bonchev–Trinajstić information content (AvgIpc) is 2.83. The molecule has 0 radical (unpaired) electrons. The molecule has 3 aromatic carbocycles. The third-order valence-corrected chi connectivity index (χ3v) is 7.41. The van der Waals surface area contributed by atoms with Crippen molar-refractivity contribution < 1.29 is 17.9 Å². The molecule has 1 N–H and O–H groups in total. The van der Waals surface area contributed by atoms with E-state index < -0.39 is 15.9 Å². The van der Waals surface area contributed by atoms with Crippen molar-refractivity contribution in [1.29, 1.82) is 0 Å². The highest BCUT2D eigenvalue weighted by Gasteiger charge is 2.28. The summed E-state index contributed by atoms with van der Waals surface area (Å²) in [5.41, 5.74) is 1.33. The Hall–Kier alpha value is -3.03. The van der Waals surface area contributed by atoms with E-state index in [0.29, 0.717) is 29.0 Å². The second kappa shape index (κ2) is 12.1. The molecule has 0 fully saturated rings. The van der Waals surface area contributed by atoms with Crippen LogP contribution < -0.4 is 14.4 Å². The maximum atomic E-state index is 13.6. The number of hydrogen-bond donors (Lipinski definition) is 1. The van der Waals surface area contributed by atoms with E-state index in [2.05, 4.69) is 19.2 Å². The Morgan fingerprint density at radius 1 is 0.971 bits per heavy atom. The molecular weight excluding hydrogens is 484 g/mol. The Labute approximate surface area is 212 Å². The number of sulfonamides is 1. The van der Waals surface area contributed by atoms with Crippen molar-refractivity contribution >= 4 is 33.2 Å². The molecule has 0 aliphatic heterocycles. The highest BCUT2D eigenvalue weighted by Crippen LogP contribution is 2.27. The van der Waals surface area contributed by atoms with Crippen molar-refractivity contribution in [3.05, 3.63) is 89.4 Å². The van der Waals surface area contributed by atoms with Crippen LogP contribution in [0.4, 0.5) is 5.69 Å². The van der Waals surface area contributed by atoms with Crippen molar-refractivity contribution in [3.63, 3.8) is 0 Å². The summed E-state index contributed by atoms with van der Waals surface area (Å²) in [6.07, 6.45) is 0.725. The lowest BCUT2D eigenvalue weighted by atomic mass is 9.97. The summed E-state index contributed by atoms with van der Waals surface area (Å²) in [6, 6.07) is 22.0. The molecule has 0 unspecified atom stereocenters. The summed E-state index contributed by atoms with van der Waals surface area (Å²) in [5, 5.41) is 3.46. The fourth-order valence-electron chi connectivity index (χ4n) is 3.73. The van der Waals surface area contributed by atoms with Gasteiger partial charge in [-0.2, -0.15) is 0 Å². The van der Waals surface area contributed by atoms with Gasteiger partial charge < -0.3 is 10.1 Å². The molecule has 3 rings (SSSR count). The van der Waals surface area contributed by atoms with Gasteiger partial charge in [0.1, 0.15) is 12.3 Å². The largest absolute Gasteiger partial charge is 0.494 e. The molecule has 0 aromatic heterocycles. The van der Waals surface area contributed by atoms with Crippen LogP contribution in [0.2, 0.25) is 5.02 Å². The monoisotopic (exact) mass is 514 g/mol. The first-order chi connectivity index (χ1) is 16.7. The zero-order valence-corrected chi connectivity index (χ0v) is 21.7. The van der Waals surface area contributed by atoms with Crippen LogP contribution in [0.25, 0.3) is 0 Å². The van der Waals surface area contributed by atoms with Gasteiger partial charge in [-0.05, 0) is 73.4 Å². The van der Waals surface area contributed by atoms with Gasteiger partial charge in [0.05, 0.1) is 23.2 Å². The third kappa shape index (κ3) is 7.23. The van der Waals surface area contributed by atoms with Gasteiger partial charge in [0.25, 0.3) is 10.0 Å². The number of amides is 1. The lowest BCUT2D eigenvalue weighted by molar-refractivity contribution is -0.120. The van der Waals surface area contributed by atoms with E-state index in [1.54, 1.807) is 24.3 Å². The van der Waals surface area contributed by atoms with E-state index in [9.17, 15) is 13.2 Å². The van der Waals surface area contributed by atoms with Crippen LogP contribution >= 0.6 is 11.6 Å². The zero-order chi connectivity index (χ0) is 25.4. The molecule has 3 aromatic rings. The smallest absolute Gasteiger partial charge is 0.264 e. The van der Waals surface area contributed by atoms with Gasteiger partial charge in [-0.1, -0.05) is 55.8 Å². The van der Waals surface area contributed by atoms with Crippen LogP contribution in [-0.2, 0) is 14.8 Å². The summed E-state index contributed by atoms with van der Waals surface area (Å²) in [5.74, 6) is 0.553. The molecule has 0 saturated heterocycles. The number of nitrogens with zero attached hydrogens (tertiary/aromatic N) is 1. The topological polar surface area (TPSA) is 75.7 Å². The molecule has 6 nitrogen and oxygen atoms in total. The van der Waals surface area contributed by atoms with Crippen LogP contribution in [0.3, 0.4) is 0 Å². The lowest BCUT2D eigenvalue weighted by Gasteiger charge is -2.26. The number of halogens is 1. The van der Waals surface area contributed by atoms with Crippen molar-refractivity contribution in [3.8, 4) is 5.75 Å². The summed E-state index contributed by atoms with van der Waals surface area (Å²) >= 11 is 5.96. The Bertz CT molecular complexity index is 1200. The van der Waals surface area contributed by atoms with Gasteiger partial charge in [0, 0.05) is 5.02 Å². The quantitative estimate of drug-likeness (QED) is 0.349. The molecule has 0 bridgehead atoms. The lowest BCUT2D eigenvalue weighted by Crippen LogP contribution is -2.42. The van der Waals surface area contributed by atoms with Crippen LogP contribution in [0.5, 0.6) is 5.75 Å². The highest BCUT2D eigenvalue weighted by atomic mass is 35.5. The molecule has 0 aliphatic carbocycles. The third-order valence-electron chi connectivity index (χ3n) is 5.37. The fraction of sp³-hybridized carbons (Fsp3) is 0.296. The Morgan fingerprint density at radius 3 is 2.17 bits per heavy atom. The number of benzene rings is 3. The number of carbonyl (C=O) groups excluding carboxylic acids is 1. The van der Waals surface area contributed by atoms with E-state index in [1.165, 1.54) is 24.3 Å². The first-order valence-electron chi connectivity index (χ1n) is 11.6. The first-order valence-corrected chi connectivity index (χ1v) is 13.4. The number of rotatable bonds is 11. The van der Waals surface area contributed by atoms with Gasteiger partial charge in [-0.3, -0.25) is 9.10 Å². The first kappa shape index (κ1) is 26.6. The molecule has 1 atom stereocenters. The van der Waals surface area contributed by atoms with E-state index in [1.807, 2.05) is 37.3 Å². The minimum Gasteiger partial charge on any atom is -0.494 e. The summed E-state index contributed by atoms with van der Waals surface area (Å²) in [6.45, 7) is 6.15. The number of ether oxygens (including phenoxy) is 1. The molecule has 0 saturated carbocycles. The van der Waals surface area contributed by atoms with Crippen molar-refractivity contribution in [2.24, 2.45) is 5.92 Å². The predicted octanol–water partition coefficient (Wildman–Crippen LogP) is 5.84. The molecule has 35 heavy (non-hydrogen) atoms. The van der Waals surface area contributed by atoms with Gasteiger partial charge in [-0.25, -0.2) is 8.42 Å². The predicted molar refractivity (Wildman–Crippen MR) is 140 cm³/mol. The minimum absolute atomic E-state index is 0.0466.